The van der Waals surface area contributed by atoms with Crippen LogP contribution in [0.25, 0.3) is 0 Å². The Labute approximate surface area is 104 Å². The maximum absolute atomic E-state index is 12.0. The minimum Gasteiger partial charge on any atom is -0.464 e. The van der Waals surface area contributed by atoms with Gasteiger partial charge in [-0.1, -0.05) is 0 Å². The number of aryl methyl sites for hydroxylation is 1. The summed E-state index contributed by atoms with van der Waals surface area (Å²) in [6, 6.07) is 0.706. The smallest absolute Gasteiger partial charge is 0.464 e. The zero-order valence-electron chi connectivity index (χ0n) is 9.65. The van der Waals surface area contributed by atoms with Gasteiger partial charge in [0.15, 0.2) is 0 Å². The Bertz CT molecular complexity index is 529. The molecule has 0 aliphatic heterocycles. The van der Waals surface area contributed by atoms with Gasteiger partial charge >= 0.3 is 18.0 Å². The van der Waals surface area contributed by atoms with Crippen molar-refractivity contribution >= 4 is 11.7 Å². The summed E-state index contributed by atoms with van der Waals surface area (Å²) in [5.41, 5.74) is -1.80. The molecular formula is C9H7F3N2O5. The fourth-order valence-corrected chi connectivity index (χ4v) is 1.28. The molecule has 1 rings (SSSR count). The SMILES string of the molecule is COC(=O)c1nc(OC(F)(F)F)cc(C)c1[N+](=O)[O-]. The highest BCUT2D eigenvalue weighted by molar-refractivity contribution is 5.92. The van der Waals surface area contributed by atoms with Crippen molar-refractivity contribution < 1.29 is 32.4 Å². The van der Waals surface area contributed by atoms with Crippen LogP contribution in [0.2, 0.25) is 0 Å². The van der Waals surface area contributed by atoms with Crippen molar-refractivity contribution in [2.75, 3.05) is 7.11 Å². The lowest BCUT2D eigenvalue weighted by Crippen LogP contribution is -2.19. The molecule has 0 unspecified atom stereocenters. The lowest BCUT2D eigenvalue weighted by molar-refractivity contribution is -0.386. The number of rotatable bonds is 3. The van der Waals surface area contributed by atoms with Crippen LogP contribution in [-0.4, -0.2) is 29.3 Å². The number of alkyl halides is 3. The van der Waals surface area contributed by atoms with Crippen LogP contribution in [0.4, 0.5) is 18.9 Å². The summed E-state index contributed by atoms with van der Waals surface area (Å²) in [5.74, 6) is -2.21. The van der Waals surface area contributed by atoms with E-state index in [1.165, 1.54) is 0 Å². The molecule has 0 fully saturated rings. The van der Waals surface area contributed by atoms with Gasteiger partial charge in [-0.2, -0.15) is 4.98 Å². The molecule has 0 N–H and O–H groups in total. The molecule has 0 radical (unpaired) electrons. The first kappa shape index (κ1) is 14.7. The minimum absolute atomic E-state index is 0.209. The predicted octanol–water partition coefficient (Wildman–Crippen LogP) is 1.98. The number of carbonyl (C=O) groups is 1. The van der Waals surface area contributed by atoms with Gasteiger partial charge in [0.1, 0.15) is 0 Å². The van der Waals surface area contributed by atoms with Crippen LogP contribution in [0, 0.1) is 17.0 Å². The Balaban J connectivity index is 3.39. The first-order valence-corrected chi connectivity index (χ1v) is 4.66. The van der Waals surface area contributed by atoms with Gasteiger partial charge in [0.25, 0.3) is 0 Å². The number of hydrogen-bond acceptors (Lipinski definition) is 6. The van der Waals surface area contributed by atoms with E-state index in [0.29, 0.717) is 6.07 Å². The van der Waals surface area contributed by atoms with Crippen molar-refractivity contribution in [3.63, 3.8) is 0 Å². The summed E-state index contributed by atoms with van der Waals surface area (Å²) in [6.45, 7) is 1.15. The summed E-state index contributed by atoms with van der Waals surface area (Å²) in [4.78, 5) is 24.3. The summed E-state index contributed by atoms with van der Waals surface area (Å²) < 4.78 is 43.8. The third-order valence-corrected chi connectivity index (χ3v) is 1.94. The number of halogens is 3. The molecule has 104 valence electrons. The Hall–Kier alpha value is -2.39. The molecule has 0 aliphatic carbocycles. The third kappa shape index (κ3) is 3.53. The molecule has 1 heterocycles. The maximum atomic E-state index is 12.0. The molecule has 7 nitrogen and oxygen atoms in total. The van der Waals surface area contributed by atoms with Crippen LogP contribution in [0.3, 0.4) is 0 Å². The van der Waals surface area contributed by atoms with Crippen molar-refractivity contribution in [2.24, 2.45) is 0 Å². The lowest BCUT2D eigenvalue weighted by Gasteiger charge is -2.10. The van der Waals surface area contributed by atoms with E-state index in [0.717, 1.165) is 14.0 Å². The number of hydrogen-bond donors (Lipinski definition) is 0. The topological polar surface area (TPSA) is 91.6 Å². The molecule has 0 aromatic carbocycles. The largest absolute Gasteiger partial charge is 0.574 e. The Morgan fingerprint density at radius 1 is 1.47 bits per heavy atom. The van der Waals surface area contributed by atoms with Crippen molar-refractivity contribution in [3.8, 4) is 5.88 Å². The van der Waals surface area contributed by atoms with E-state index in [1.54, 1.807) is 0 Å². The van der Waals surface area contributed by atoms with Crippen LogP contribution in [-0.2, 0) is 4.74 Å². The third-order valence-electron chi connectivity index (χ3n) is 1.94. The molecule has 0 amide bonds. The van der Waals surface area contributed by atoms with Crippen molar-refractivity contribution in [3.05, 3.63) is 27.4 Å². The van der Waals surface area contributed by atoms with Crippen LogP contribution in [0.1, 0.15) is 16.1 Å². The molecule has 1 aromatic rings. The summed E-state index contributed by atoms with van der Waals surface area (Å²) in [5, 5.41) is 10.8. The quantitative estimate of drug-likeness (QED) is 0.477. The number of nitrogens with zero attached hydrogens (tertiary/aromatic N) is 2. The Morgan fingerprint density at radius 3 is 2.47 bits per heavy atom. The molecule has 19 heavy (non-hydrogen) atoms. The lowest BCUT2D eigenvalue weighted by atomic mass is 10.2. The zero-order valence-corrected chi connectivity index (χ0v) is 9.65. The van der Waals surface area contributed by atoms with Gasteiger partial charge < -0.3 is 9.47 Å². The highest BCUT2D eigenvalue weighted by Crippen LogP contribution is 2.29. The standard InChI is InChI=1S/C9H7F3N2O5/c1-4-3-5(19-9(10,11)12)13-6(8(15)18-2)7(4)14(16)17/h3H,1-2H3. The van der Waals surface area contributed by atoms with Crippen molar-refractivity contribution in [2.45, 2.75) is 13.3 Å². The average Bonchev–Trinajstić information content (AvgIpc) is 2.24. The molecule has 0 aliphatic rings. The molecule has 0 bridgehead atoms. The fraction of sp³-hybridized carbons (Fsp3) is 0.333. The predicted molar refractivity (Wildman–Crippen MR) is 53.7 cm³/mol. The van der Waals surface area contributed by atoms with E-state index < -0.39 is 34.5 Å². The van der Waals surface area contributed by atoms with Crippen molar-refractivity contribution in [1.82, 2.24) is 4.98 Å². The fourth-order valence-electron chi connectivity index (χ4n) is 1.28. The first-order chi connectivity index (χ1) is 8.65. The second kappa shape index (κ2) is 5.08. The van der Waals surface area contributed by atoms with Crippen LogP contribution >= 0.6 is 0 Å². The van der Waals surface area contributed by atoms with Crippen LogP contribution < -0.4 is 4.74 Å². The molecule has 0 saturated heterocycles. The van der Waals surface area contributed by atoms with Gasteiger partial charge in [0.05, 0.1) is 12.0 Å². The van der Waals surface area contributed by atoms with Crippen LogP contribution in [0.5, 0.6) is 5.88 Å². The van der Waals surface area contributed by atoms with E-state index in [9.17, 15) is 28.1 Å². The number of carbonyl (C=O) groups excluding carboxylic acids is 1. The van der Waals surface area contributed by atoms with Gasteiger partial charge in [0, 0.05) is 11.6 Å². The van der Waals surface area contributed by atoms with Gasteiger partial charge in [-0.3, -0.25) is 10.1 Å². The van der Waals surface area contributed by atoms with Gasteiger partial charge in [-0.05, 0) is 6.92 Å². The molecule has 1 aromatic heterocycles. The molecule has 0 spiro atoms. The zero-order chi connectivity index (χ0) is 14.8. The van der Waals surface area contributed by atoms with Crippen molar-refractivity contribution in [1.29, 1.82) is 0 Å². The van der Waals surface area contributed by atoms with Crippen LogP contribution in [0.15, 0.2) is 6.07 Å². The average molecular weight is 280 g/mol. The van der Waals surface area contributed by atoms with E-state index in [1.807, 2.05) is 0 Å². The first-order valence-electron chi connectivity index (χ1n) is 4.66. The maximum Gasteiger partial charge on any atom is 0.574 e. The Kier molecular flexibility index (Phi) is 3.92. The van der Waals surface area contributed by atoms with E-state index >= 15 is 0 Å². The Morgan fingerprint density at radius 2 is 2.05 bits per heavy atom. The monoisotopic (exact) mass is 280 g/mol. The second-order valence-electron chi connectivity index (χ2n) is 3.27. The summed E-state index contributed by atoms with van der Waals surface area (Å²) in [6.07, 6.45) is -5.02. The van der Waals surface area contributed by atoms with Gasteiger partial charge in [0.2, 0.25) is 11.6 Å². The normalized spacial score (nSPS) is 11.0. The number of ether oxygens (including phenoxy) is 2. The van der Waals surface area contributed by atoms with E-state index in [2.05, 4.69) is 14.5 Å². The minimum atomic E-state index is -5.02. The van der Waals surface area contributed by atoms with E-state index in [4.69, 9.17) is 0 Å². The molecule has 0 atom stereocenters. The summed E-state index contributed by atoms with van der Waals surface area (Å²) >= 11 is 0. The van der Waals surface area contributed by atoms with E-state index in [-0.39, 0.29) is 5.56 Å². The molecular weight excluding hydrogens is 273 g/mol. The highest BCUT2D eigenvalue weighted by Gasteiger charge is 2.34. The second-order valence-corrected chi connectivity index (χ2v) is 3.27. The highest BCUT2D eigenvalue weighted by atomic mass is 19.4. The van der Waals surface area contributed by atoms with Gasteiger partial charge in [-0.25, -0.2) is 4.79 Å². The van der Waals surface area contributed by atoms with Gasteiger partial charge in [-0.15, -0.1) is 13.2 Å². The molecule has 10 heteroatoms. The summed E-state index contributed by atoms with van der Waals surface area (Å²) in [7, 11) is 0.917. The number of esters is 1. The number of pyridine rings is 1. The number of nitro groups is 1. The number of methoxy groups -OCH3 is 1. The number of aromatic nitrogens is 1. The molecule has 0 saturated carbocycles.